The molecule has 0 aliphatic heterocycles. The van der Waals surface area contributed by atoms with Crippen molar-refractivity contribution >= 4 is 33.4 Å². The Morgan fingerprint density at radius 1 is 0.407 bits per heavy atom. The van der Waals surface area contributed by atoms with Gasteiger partial charge in [0.05, 0.1) is 44.5 Å². The molecule has 2 aliphatic rings. The van der Waals surface area contributed by atoms with E-state index in [2.05, 4.69) is 0 Å². The highest BCUT2D eigenvalue weighted by atomic mass is 19.4. The fraction of sp³-hybridized carbons (Fsp3) is 0.105. The van der Waals surface area contributed by atoms with Gasteiger partial charge in [0.15, 0.2) is 0 Å². The number of benzene rings is 3. The van der Waals surface area contributed by atoms with Crippen molar-refractivity contribution in [3.05, 3.63) is 114 Å². The smallest absolute Gasteiger partial charge is 0.206 e. The van der Waals surface area contributed by atoms with E-state index in [0.717, 1.165) is 12.1 Å². The summed E-state index contributed by atoms with van der Waals surface area (Å²) in [5.41, 5.74) is -28.9. The minimum atomic E-state index is -5.72. The lowest BCUT2D eigenvalue weighted by molar-refractivity contribution is -0.145. The number of allylic oxidation sites excluding steroid dienone is 8. The molecule has 288 valence electrons. The van der Waals surface area contributed by atoms with Crippen LogP contribution in [0, 0.1) is 96.5 Å². The quantitative estimate of drug-likeness (QED) is 0.180. The van der Waals surface area contributed by atoms with Crippen LogP contribution >= 0.6 is 0 Å². The highest BCUT2D eigenvalue weighted by molar-refractivity contribution is 6.30. The zero-order valence-electron chi connectivity index (χ0n) is 27.9. The van der Waals surface area contributed by atoms with Crippen LogP contribution in [0.3, 0.4) is 0 Å². The Labute approximate surface area is 319 Å². The van der Waals surface area contributed by atoms with E-state index in [-0.39, 0.29) is 24.3 Å². The number of alkyl halides is 12. The maximum absolute atomic E-state index is 17.2. The fourth-order valence-corrected chi connectivity index (χ4v) is 6.60. The van der Waals surface area contributed by atoms with Crippen LogP contribution < -0.4 is 0 Å². The molecule has 0 saturated heterocycles. The molecular formula is C38H5F13N8. The average Bonchev–Trinajstić information content (AvgIpc) is 3.66. The number of hydrogen-bond donors (Lipinski definition) is 0. The monoisotopic (exact) mass is 820 g/mol. The van der Waals surface area contributed by atoms with Gasteiger partial charge in [0.1, 0.15) is 65.5 Å². The molecule has 0 aromatic heterocycles. The second kappa shape index (κ2) is 14.0. The summed E-state index contributed by atoms with van der Waals surface area (Å²) >= 11 is 0. The van der Waals surface area contributed by atoms with Crippen LogP contribution in [0.2, 0.25) is 0 Å². The number of fused-ring (bicyclic) bond motifs is 2. The Morgan fingerprint density at radius 3 is 0.881 bits per heavy atom. The third-order valence-electron chi connectivity index (χ3n) is 8.78. The normalized spacial score (nSPS) is 13.5. The van der Waals surface area contributed by atoms with E-state index < -0.39 is 142 Å². The molecular weight excluding hydrogens is 815 g/mol. The van der Waals surface area contributed by atoms with Crippen molar-refractivity contribution in [1.29, 1.82) is 42.1 Å². The van der Waals surface area contributed by atoms with Gasteiger partial charge in [-0.3, -0.25) is 0 Å². The third-order valence-corrected chi connectivity index (χ3v) is 8.78. The zero-order chi connectivity index (χ0) is 44.3. The van der Waals surface area contributed by atoms with E-state index in [9.17, 15) is 94.8 Å². The van der Waals surface area contributed by atoms with E-state index in [1.165, 1.54) is 36.4 Å². The van der Waals surface area contributed by atoms with Crippen LogP contribution in [-0.2, 0) is 24.7 Å². The van der Waals surface area contributed by atoms with Crippen LogP contribution in [-0.4, -0.2) is 0 Å². The zero-order valence-corrected chi connectivity index (χ0v) is 27.9. The predicted octanol–water partition coefficient (Wildman–Crippen LogP) is 10.1. The van der Waals surface area contributed by atoms with Crippen molar-refractivity contribution in [1.82, 2.24) is 0 Å². The molecule has 0 saturated carbocycles. The molecule has 0 atom stereocenters. The van der Waals surface area contributed by atoms with Gasteiger partial charge in [-0.1, -0.05) is 0 Å². The number of nitrogens with zero attached hydrogens (tertiary/aromatic N) is 8. The summed E-state index contributed by atoms with van der Waals surface area (Å²) in [7, 11) is 0. The lowest BCUT2D eigenvalue weighted by Gasteiger charge is -2.18. The van der Waals surface area contributed by atoms with Gasteiger partial charge in [-0.15, -0.1) is 0 Å². The van der Waals surface area contributed by atoms with Crippen molar-refractivity contribution in [3.8, 4) is 48.6 Å². The molecule has 8 nitrogen and oxygen atoms in total. The van der Waals surface area contributed by atoms with Crippen molar-refractivity contribution in [2.45, 2.75) is 24.7 Å². The summed E-state index contributed by atoms with van der Waals surface area (Å²) in [6, 6.07) is 9.63. The van der Waals surface area contributed by atoms with E-state index >= 15 is 4.39 Å². The van der Waals surface area contributed by atoms with Gasteiger partial charge >= 0.3 is 24.7 Å². The maximum Gasteiger partial charge on any atom is 0.417 e. The van der Waals surface area contributed by atoms with Gasteiger partial charge in [-0.2, -0.15) is 94.8 Å². The van der Waals surface area contributed by atoms with Crippen LogP contribution in [0.4, 0.5) is 57.1 Å². The molecule has 0 unspecified atom stereocenters. The summed E-state index contributed by atoms with van der Waals surface area (Å²) in [5.74, 6) is -1.89. The first-order chi connectivity index (χ1) is 27.4. The first-order valence-corrected chi connectivity index (χ1v) is 15.1. The Kier molecular flexibility index (Phi) is 9.90. The van der Waals surface area contributed by atoms with Crippen LogP contribution in [0.25, 0.3) is 33.4 Å². The lowest BCUT2D eigenvalue weighted by Crippen LogP contribution is -2.16. The fourth-order valence-electron chi connectivity index (χ4n) is 6.60. The molecule has 0 radical (unpaired) electrons. The number of nitriles is 8. The van der Waals surface area contributed by atoms with Gasteiger partial charge < -0.3 is 0 Å². The summed E-state index contributed by atoms with van der Waals surface area (Å²) < 4.78 is 187. The number of halogens is 13. The van der Waals surface area contributed by atoms with Crippen LogP contribution in [0.15, 0.2) is 41.5 Å². The van der Waals surface area contributed by atoms with Gasteiger partial charge in [-0.25, -0.2) is 4.39 Å². The standard InChI is InChI=1S/C38H5F13N8/c39-34-32-18(30(16(6-52)7-53)28(22(32)12-58)14-1-24(35(40,41)42)20(10-56)25(2-14)36(43,44)45)5-19-31(17(8-54)9-55)29(23(13-59)33(19)34)15-3-26(37(46,47)48)21(11-57)27(4-15)38(49,50)51/h1-5H. The molecule has 0 bridgehead atoms. The summed E-state index contributed by atoms with van der Waals surface area (Å²) in [6.45, 7) is 0. The minimum absolute atomic E-state index is 0.0702. The largest absolute Gasteiger partial charge is 0.417 e. The first-order valence-electron chi connectivity index (χ1n) is 15.1. The number of hydrogen-bond acceptors (Lipinski definition) is 8. The summed E-state index contributed by atoms with van der Waals surface area (Å²) in [5, 5.41) is 78.7. The van der Waals surface area contributed by atoms with E-state index in [0.29, 0.717) is 6.07 Å². The third kappa shape index (κ3) is 6.50. The van der Waals surface area contributed by atoms with Crippen molar-refractivity contribution in [2.24, 2.45) is 0 Å². The molecule has 0 N–H and O–H groups in total. The molecule has 0 heterocycles. The molecule has 2 aliphatic carbocycles. The van der Waals surface area contributed by atoms with E-state index in [1.54, 1.807) is 0 Å². The second-order valence-corrected chi connectivity index (χ2v) is 11.8. The molecule has 21 heteroatoms. The highest BCUT2D eigenvalue weighted by Crippen LogP contribution is 2.57. The van der Waals surface area contributed by atoms with Gasteiger partial charge in [0, 0.05) is 33.4 Å². The average molecular weight is 820 g/mol. The predicted molar refractivity (Wildman–Crippen MR) is 170 cm³/mol. The number of rotatable bonds is 2. The van der Waals surface area contributed by atoms with Crippen molar-refractivity contribution in [2.75, 3.05) is 0 Å². The molecule has 5 rings (SSSR count). The molecule has 59 heavy (non-hydrogen) atoms. The second-order valence-electron chi connectivity index (χ2n) is 11.8. The van der Waals surface area contributed by atoms with E-state index in [4.69, 9.17) is 0 Å². The van der Waals surface area contributed by atoms with Gasteiger partial charge in [-0.05, 0) is 52.6 Å². The Morgan fingerprint density at radius 2 is 0.678 bits per heavy atom. The Hall–Kier alpha value is -8.37. The lowest BCUT2D eigenvalue weighted by atomic mass is 9.86. The SMILES string of the molecule is N#CC(C#N)=C1C(c2cc(C(F)(F)F)c(C#N)c(C(F)(F)F)c2)=C(C#N)c2c1cc1c(c2F)C(C#N)=C(c2cc(C(F)(F)F)c(C#N)c(C(F)(F)F)c2)C1=C(C#N)C#N. The molecule has 0 amide bonds. The molecule has 0 spiro atoms. The molecule has 0 fully saturated rings. The van der Waals surface area contributed by atoms with Crippen molar-refractivity contribution < 1.29 is 57.1 Å². The Balaban J connectivity index is 2.06. The van der Waals surface area contributed by atoms with Gasteiger partial charge in [0.25, 0.3) is 0 Å². The van der Waals surface area contributed by atoms with E-state index in [1.807, 2.05) is 0 Å². The first kappa shape index (κ1) is 41.8. The minimum Gasteiger partial charge on any atom is -0.206 e. The highest BCUT2D eigenvalue weighted by Gasteiger charge is 2.47. The van der Waals surface area contributed by atoms with Crippen molar-refractivity contribution in [3.63, 3.8) is 0 Å². The Bertz CT molecular complexity index is 2670. The molecule has 3 aromatic rings. The van der Waals surface area contributed by atoms with Crippen LogP contribution in [0.5, 0.6) is 0 Å². The summed E-state index contributed by atoms with van der Waals surface area (Å²) in [6.07, 6.45) is -22.9. The van der Waals surface area contributed by atoms with Crippen LogP contribution in [0.1, 0.15) is 66.8 Å². The topological polar surface area (TPSA) is 190 Å². The summed E-state index contributed by atoms with van der Waals surface area (Å²) in [4.78, 5) is 0. The van der Waals surface area contributed by atoms with Gasteiger partial charge in [0.2, 0.25) is 0 Å². The maximum atomic E-state index is 17.2. The molecule has 3 aromatic carbocycles.